The first kappa shape index (κ1) is 9.74. The molecule has 2 N–H and O–H groups in total. The summed E-state index contributed by atoms with van der Waals surface area (Å²) < 4.78 is 5.05. The van der Waals surface area contributed by atoms with Gasteiger partial charge in [0.15, 0.2) is 0 Å². The molecule has 2 rings (SSSR count). The van der Waals surface area contributed by atoms with E-state index < -0.39 is 0 Å². The fourth-order valence-electron chi connectivity index (χ4n) is 2.02. The molecule has 1 saturated heterocycles. The molecule has 3 heteroatoms. The molecule has 78 valence electrons. The van der Waals surface area contributed by atoms with E-state index >= 15 is 0 Å². The molecular weight excluding hydrogens is 176 g/mol. The van der Waals surface area contributed by atoms with Gasteiger partial charge in [0.2, 0.25) is 0 Å². The SMILES string of the molecule is NCC1CCN(Cc2ccoc2)CC1. The average Bonchev–Trinajstić information content (AvgIpc) is 2.72. The molecule has 0 unspecified atom stereocenters. The smallest absolute Gasteiger partial charge is 0.0947 e. The van der Waals surface area contributed by atoms with Gasteiger partial charge in [-0.05, 0) is 44.5 Å². The van der Waals surface area contributed by atoms with Crippen molar-refractivity contribution in [2.24, 2.45) is 11.7 Å². The lowest BCUT2D eigenvalue weighted by Gasteiger charge is -2.30. The van der Waals surface area contributed by atoms with Gasteiger partial charge in [0, 0.05) is 12.1 Å². The second kappa shape index (κ2) is 4.62. The minimum Gasteiger partial charge on any atom is -0.472 e. The number of hydrogen-bond donors (Lipinski definition) is 1. The molecule has 0 aliphatic carbocycles. The summed E-state index contributed by atoms with van der Waals surface area (Å²) in [5.41, 5.74) is 6.93. The minimum absolute atomic E-state index is 0.746. The summed E-state index contributed by atoms with van der Waals surface area (Å²) >= 11 is 0. The highest BCUT2D eigenvalue weighted by Crippen LogP contribution is 2.17. The van der Waals surface area contributed by atoms with Gasteiger partial charge in [-0.25, -0.2) is 0 Å². The summed E-state index contributed by atoms with van der Waals surface area (Å²) in [7, 11) is 0. The van der Waals surface area contributed by atoms with E-state index in [0.717, 1.165) is 19.0 Å². The van der Waals surface area contributed by atoms with E-state index in [9.17, 15) is 0 Å². The highest BCUT2D eigenvalue weighted by molar-refractivity contribution is 5.05. The second-order valence-electron chi connectivity index (χ2n) is 4.09. The molecule has 0 aromatic carbocycles. The van der Waals surface area contributed by atoms with Gasteiger partial charge in [-0.15, -0.1) is 0 Å². The summed E-state index contributed by atoms with van der Waals surface area (Å²) in [4.78, 5) is 2.47. The third-order valence-electron chi connectivity index (χ3n) is 3.03. The Labute approximate surface area is 84.9 Å². The van der Waals surface area contributed by atoms with Crippen molar-refractivity contribution >= 4 is 0 Å². The first-order valence-corrected chi connectivity index (χ1v) is 5.32. The summed E-state index contributed by atoms with van der Waals surface area (Å²) in [6.45, 7) is 4.22. The Morgan fingerprint density at radius 3 is 2.79 bits per heavy atom. The van der Waals surface area contributed by atoms with Crippen LogP contribution >= 0.6 is 0 Å². The molecule has 1 fully saturated rings. The van der Waals surface area contributed by atoms with Crippen LogP contribution in [0.1, 0.15) is 18.4 Å². The van der Waals surface area contributed by atoms with Crippen molar-refractivity contribution in [3.8, 4) is 0 Å². The molecule has 2 heterocycles. The summed E-state index contributed by atoms with van der Waals surface area (Å²) in [5.74, 6) is 0.746. The third kappa shape index (κ3) is 2.36. The van der Waals surface area contributed by atoms with E-state index in [2.05, 4.69) is 4.90 Å². The summed E-state index contributed by atoms with van der Waals surface area (Å²) in [6, 6.07) is 2.04. The number of piperidine rings is 1. The van der Waals surface area contributed by atoms with Crippen molar-refractivity contribution in [1.29, 1.82) is 0 Å². The average molecular weight is 194 g/mol. The lowest BCUT2D eigenvalue weighted by molar-refractivity contribution is 0.180. The van der Waals surface area contributed by atoms with Crippen LogP contribution < -0.4 is 5.73 Å². The molecule has 3 nitrogen and oxygen atoms in total. The lowest BCUT2D eigenvalue weighted by atomic mass is 9.97. The molecule has 14 heavy (non-hydrogen) atoms. The fourth-order valence-corrected chi connectivity index (χ4v) is 2.02. The van der Waals surface area contributed by atoms with E-state index in [1.807, 2.05) is 12.3 Å². The molecule has 1 aliphatic rings. The maximum absolute atomic E-state index is 5.65. The molecule has 0 saturated carbocycles. The Balaban J connectivity index is 1.79. The number of rotatable bonds is 3. The number of nitrogens with two attached hydrogens (primary N) is 1. The molecule has 0 atom stereocenters. The normalized spacial score (nSPS) is 20.1. The van der Waals surface area contributed by atoms with Gasteiger partial charge in [-0.3, -0.25) is 4.90 Å². The van der Waals surface area contributed by atoms with Crippen molar-refractivity contribution in [3.63, 3.8) is 0 Å². The topological polar surface area (TPSA) is 42.4 Å². The Bertz CT molecular complexity index is 250. The van der Waals surface area contributed by atoms with Gasteiger partial charge in [0.25, 0.3) is 0 Å². The van der Waals surface area contributed by atoms with Crippen molar-refractivity contribution < 1.29 is 4.42 Å². The van der Waals surface area contributed by atoms with E-state index in [4.69, 9.17) is 10.2 Å². The Kier molecular flexibility index (Phi) is 3.22. The van der Waals surface area contributed by atoms with Gasteiger partial charge in [-0.1, -0.05) is 0 Å². The van der Waals surface area contributed by atoms with Crippen molar-refractivity contribution in [2.45, 2.75) is 19.4 Å². The Morgan fingerprint density at radius 1 is 1.43 bits per heavy atom. The maximum Gasteiger partial charge on any atom is 0.0947 e. The molecule has 1 aliphatic heterocycles. The zero-order chi connectivity index (χ0) is 9.80. The lowest BCUT2D eigenvalue weighted by Crippen LogP contribution is -2.35. The van der Waals surface area contributed by atoms with Crippen molar-refractivity contribution in [1.82, 2.24) is 4.90 Å². The molecule has 1 aromatic rings. The summed E-state index contributed by atoms with van der Waals surface area (Å²) in [5, 5.41) is 0. The van der Waals surface area contributed by atoms with Crippen molar-refractivity contribution in [3.05, 3.63) is 24.2 Å². The predicted molar refractivity (Wildman–Crippen MR) is 55.8 cm³/mol. The molecule has 0 radical (unpaired) electrons. The molecule has 0 bridgehead atoms. The zero-order valence-electron chi connectivity index (χ0n) is 8.48. The monoisotopic (exact) mass is 194 g/mol. The maximum atomic E-state index is 5.65. The first-order chi connectivity index (χ1) is 6.88. The van der Waals surface area contributed by atoms with Crippen LogP contribution in [0, 0.1) is 5.92 Å². The fraction of sp³-hybridized carbons (Fsp3) is 0.636. The number of nitrogens with zero attached hydrogens (tertiary/aromatic N) is 1. The van der Waals surface area contributed by atoms with Gasteiger partial charge in [0.1, 0.15) is 0 Å². The quantitative estimate of drug-likeness (QED) is 0.792. The standard InChI is InChI=1S/C11H18N2O/c12-7-10-1-4-13(5-2-10)8-11-3-6-14-9-11/h3,6,9-10H,1-2,4-5,7-8,12H2. The molecular formula is C11H18N2O. The summed E-state index contributed by atoms with van der Waals surface area (Å²) in [6.07, 6.45) is 6.06. The third-order valence-corrected chi connectivity index (χ3v) is 3.03. The number of hydrogen-bond acceptors (Lipinski definition) is 3. The van der Waals surface area contributed by atoms with Crippen molar-refractivity contribution in [2.75, 3.05) is 19.6 Å². The van der Waals surface area contributed by atoms with Gasteiger partial charge in [0.05, 0.1) is 12.5 Å². The van der Waals surface area contributed by atoms with E-state index in [0.29, 0.717) is 0 Å². The number of likely N-dealkylation sites (tertiary alicyclic amines) is 1. The van der Waals surface area contributed by atoms with Crippen LogP contribution in [0.25, 0.3) is 0 Å². The van der Waals surface area contributed by atoms with Crippen LogP contribution in [-0.2, 0) is 6.54 Å². The molecule has 0 spiro atoms. The van der Waals surface area contributed by atoms with Crippen LogP contribution in [0.15, 0.2) is 23.0 Å². The van der Waals surface area contributed by atoms with Crippen LogP contribution in [0.2, 0.25) is 0 Å². The Hall–Kier alpha value is -0.800. The molecule has 0 amide bonds. The zero-order valence-corrected chi connectivity index (χ0v) is 8.48. The largest absolute Gasteiger partial charge is 0.472 e. The Morgan fingerprint density at radius 2 is 2.21 bits per heavy atom. The van der Waals surface area contributed by atoms with Gasteiger partial charge >= 0.3 is 0 Å². The molecule has 1 aromatic heterocycles. The van der Waals surface area contributed by atoms with Crippen LogP contribution in [0.5, 0.6) is 0 Å². The minimum atomic E-state index is 0.746. The highest BCUT2D eigenvalue weighted by Gasteiger charge is 2.17. The van der Waals surface area contributed by atoms with Gasteiger partial charge < -0.3 is 10.2 Å². The second-order valence-corrected chi connectivity index (χ2v) is 4.09. The van der Waals surface area contributed by atoms with Gasteiger partial charge in [-0.2, -0.15) is 0 Å². The van der Waals surface area contributed by atoms with Crippen LogP contribution in [-0.4, -0.2) is 24.5 Å². The van der Waals surface area contributed by atoms with E-state index in [1.165, 1.54) is 31.5 Å². The van der Waals surface area contributed by atoms with E-state index in [-0.39, 0.29) is 0 Å². The first-order valence-electron chi connectivity index (χ1n) is 5.32. The number of furan rings is 1. The predicted octanol–water partition coefficient (Wildman–Crippen LogP) is 1.45. The van der Waals surface area contributed by atoms with Crippen LogP contribution in [0.3, 0.4) is 0 Å². The van der Waals surface area contributed by atoms with Crippen LogP contribution in [0.4, 0.5) is 0 Å². The highest BCUT2D eigenvalue weighted by atomic mass is 16.3. The van der Waals surface area contributed by atoms with E-state index in [1.54, 1.807) is 6.26 Å².